The van der Waals surface area contributed by atoms with E-state index in [1.807, 2.05) is 0 Å². The van der Waals surface area contributed by atoms with Crippen LogP contribution in [-0.2, 0) is 11.0 Å². The molecule has 0 atom stereocenters. The van der Waals surface area contributed by atoms with Crippen LogP contribution in [-0.4, -0.2) is 44.6 Å². The lowest BCUT2D eigenvalue weighted by Gasteiger charge is -2.14. The Hall–Kier alpha value is -2.23. The third-order valence-corrected chi connectivity index (χ3v) is 4.42. The van der Waals surface area contributed by atoms with Crippen molar-refractivity contribution in [3.8, 4) is 0 Å². The minimum Gasteiger partial charge on any atom is -0.481 e. The molecule has 1 heterocycles. The van der Waals surface area contributed by atoms with Gasteiger partial charge in [-0.15, -0.1) is 11.8 Å². The van der Waals surface area contributed by atoms with Crippen LogP contribution in [0.15, 0.2) is 18.2 Å². The molecule has 0 saturated heterocycles. The molecule has 0 aliphatic carbocycles. The van der Waals surface area contributed by atoms with Gasteiger partial charge in [0.25, 0.3) is 5.91 Å². The molecule has 0 radical (unpaired) electrons. The Morgan fingerprint density at radius 2 is 2.04 bits per heavy atom. The highest BCUT2D eigenvalue weighted by atomic mass is 32.2. The summed E-state index contributed by atoms with van der Waals surface area (Å²) in [6, 6.07) is 3.78. The number of carbonyl (C=O) groups is 2. The number of carbonyl (C=O) groups excluding carboxylic acids is 1. The van der Waals surface area contributed by atoms with Gasteiger partial charge in [0.2, 0.25) is 5.82 Å². The molecule has 0 aliphatic heterocycles. The van der Waals surface area contributed by atoms with Gasteiger partial charge in [-0.25, -0.2) is 4.98 Å². The Morgan fingerprint density at radius 1 is 1.35 bits per heavy atom. The fraction of sp³-hybridized carbons (Fsp3) is 0.438. The topological polar surface area (TPSA) is 84.2 Å². The van der Waals surface area contributed by atoms with E-state index in [0.29, 0.717) is 11.3 Å². The number of imidazole rings is 1. The SMILES string of the molecule is CC(C)n1c(C(F)(F)F)nc2cc(C(=O)NCCSCC(=O)O)ccc21. The predicted octanol–water partition coefficient (Wildman–Crippen LogP) is 3.18. The molecule has 2 N–H and O–H groups in total. The number of aromatic nitrogens is 2. The molecular formula is C16H18F3N3O3S. The minimum absolute atomic E-state index is 0.0608. The van der Waals surface area contributed by atoms with Crippen LogP contribution in [0.5, 0.6) is 0 Å². The standard InChI is InChI=1S/C16H18F3N3O3S/c1-9(2)22-12-4-3-10(7-11(12)21-15(22)16(17,18)19)14(25)20-5-6-26-8-13(23)24/h3-4,7,9H,5-6,8H2,1-2H3,(H,20,25)(H,23,24). The molecule has 0 saturated carbocycles. The summed E-state index contributed by atoms with van der Waals surface area (Å²) >= 11 is 1.16. The van der Waals surface area contributed by atoms with Crippen molar-refractivity contribution < 1.29 is 27.9 Å². The Labute approximate surface area is 151 Å². The van der Waals surface area contributed by atoms with Crippen molar-refractivity contribution in [3.63, 3.8) is 0 Å². The third kappa shape index (κ3) is 4.69. The molecule has 2 aromatic rings. The number of benzene rings is 1. The van der Waals surface area contributed by atoms with Gasteiger partial charge in [0, 0.05) is 23.9 Å². The molecular weight excluding hydrogens is 371 g/mol. The normalized spacial score (nSPS) is 11.9. The summed E-state index contributed by atoms with van der Waals surface area (Å²) in [5.74, 6) is -2.02. The molecule has 26 heavy (non-hydrogen) atoms. The molecule has 0 bridgehead atoms. The first-order valence-corrected chi connectivity index (χ1v) is 8.93. The van der Waals surface area contributed by atoms with Crippen LogP contribution in [0.25, 0.3) is 11.0 Å². The van der Waals surface area contributed by atoms with E-state index < -0.39 is 29.9 Å². The number of nitrogens with one attached hydrogen (secondary N) is 1. The van der Waals surface area contributed by atoms with E-state index in [-0.39, 0.29) is 23.4 Å². The average molecular weight is 389 g/mol. The highest BCUT2D eigenvalue weighted by molar-refractivity contribution is 7.99. The van der Waals surface area contributed by atoms with Gasteiger partial charge < -0.3 is 15.0 Å². The Kier molecular flexibility index (Phi) is 6.17. The van der Waals surface area contributed by atoms with Crippen molar-refractivity contribution in [2.24, 2.45) is 0 Å². The van der Waals surface area contributed by atoms with Crippen LogP contribution < -0.4 is 5.32 Å². The molecule has 0 spiro atoms. The fourth-order valence-electron chi connectivity index (χ4n) is 2.46. The van der Waals surface area contributed by atoms with Crippen molar-refractivity contribution in [1.82, 2.24) is 14.9 Å². The molecule has 0 unspecified atom stereocenters. The number of nitrogens with zero attached hydrogens (tertiary/aromatic N) is 2. The molecule has 1 aromatic heterocycles. The van der Waals surface area contributed by atoms with Crippen LogP contribution in [0.2, 0.25) is 0 Å². The van der Waals surface area contributed by atoms with Crippen molar-refractivity contribution >= 4 is 34.7 Å². The second-order valence-electron chi connectivity index (χ2n) is 5.80. The van der Waals surface area contributed by atoms with E-state index in [9.17, 15) is 22.8 Å². The van der Waals surface area contributed by atoms with E-state index in [2.05, 4.69) is 10.3 Å². The van der Waals surface area contributed by atoms with Gasteiger partial charge in [0.05, 0.1) is 16.8 Å². The molecule has 0 fully saturated rings. The number of halogens is 3. The number of carboxylic acids is 1. The number of fused-ring (bicyclic) bond motifs is 1. The summed E-state index contributed by atoms with van der Waals surface area (Å²) < 4.78 is 40.7. The zero-order valence-electron chi connectivity index (χ0n) is 14.1. The van der Waals surface area contributed by atoms with Crippen molar-refractivity contribution in [1.29, 1.82) is 0 Å². The lowest BCUT2D eigenvalue weighted by molar-refractivity contribution is -0.147. The summed E-state index contributed by atoms with van der Waals surface area (Å²) in [4.78, 5) is 26.2. The van der Waals surface area contributed by atoms with Gasteiger partial charge >= 0.3 is 12.1 Å². The lowest BCUT2D eigenvalue weighted by atomic mass is 10.2. The fourth-order valence-corrected chi connectivity index (χ4v) is 3.03. The highest BCUT2D eigenvalue weighted by Crippen LogP contribution is 2.33. The van der Waals surface area contributed by atoms with Crippen LogP contribution in [0.4, 0.5) is 13.2 Å². The number of hydrogen-bond acceptors (Lipinski definition) is 4. The second kappa shape index (κ2) is 7.98. The summed E-state index contributed by atoms with van der Waals surface area (Å²) in [6.07, 6.45) is -4.59. The zero-order chi connectivity index (χ0) is 19.5. The summed E-state index contributed by atoms with van der Waals surface area (Å²) in [5.41, 5.74) is 0.600. The van der Waals surface area contributed by atoms with E-state index in [1.54, 1.807) is 13.8 Å². The summed E-state index contributed by atoms with van der Waals surface area (Å²) in [6.45, 7) is 3.51. The van der Waals surface area contributed by atoms with E-state index in [1.165, 1.54) is 18.2 Å². The van der Waals surface area contributed by atoms with Gasteiger partial charge in [-0.05, 0) is 32.0 Å². The Balaban J connectivity index is 2.18. The predicted molar refractivity (Wildman–Crippen MR) is 92.4 cm³/mol. The van der Waals surface area contributed by atoms with Gasteiger partial charge in [-0.2, -0.15) is 13.2 Å². The van der Waals surface area contributed by atoms with Crippen LogP contribution in [0.3, 0.4) is 0 Å². The molecule has 1 aromatic carbocycles. The zero-order valence-corrected chi connectivity index (χ0v) is 14.9. The molecule has 10 heteroatoms. The first-order chi connectivity index (χ1) is 12.1. The number of amides is 1. The summed E-state index contributed by atoms with van der Waals surface area (Å²) in [7, 11) is 0. The Morgan fingerprint density at radius 3 is 2.62 bits per heavy atom. The maximum Gasteiger partial charge on any atom is 0.449 e. The number of rotatable bonds is 7. The molecule has 2 rings (SSSR count). The van der Waals surface area contributed by atoms with Gasteiger partial charge in [0.15, 0.2) is 0 Å². The third-order valence-electron chi connectivity index (χ3n) is 3.48. The molecule has 0 aliphatic rings. The Bertz CT molecular complexity index is 818. The van der Waals surface area contributed by atoms with E-state index in [0.717, 1.165) is 16.3 Å². The van der Waals surface area contributed by atoms with Crippen LogP contribution in [0, 0.1) is 0 Å². The van der Waals surface area contributed by atoms with Gasteiger partial charge in [-0.3, -0.25) is 9.59 Å². The van der Waals surface area contributed by atoms with Crippen molar-refractivity contribution in [2.75, 3.05) is 18.1 Å². The smallest absolute Gasteiger partial charge is 0.449 e. The number of thioether (sulfide) groups is 1. The maximum atomic E-state index is 13.2. The number of carboxylic acid groups (broad SMARTS) is 1. The number of alkyl halides is 3. The van der Waals surface area contributed by atoms with Crippen LogP contribution >= 0.6 is 11.8 Å². The van der Waals surface area contributed by atoms with Crippen LogP contribution in [0.1, 0.15) is 36.1 Å². The lowest BCUT2D eigenvalue weighted by Crippen LogP contribution is -2.26. The largest absolute Gasteiger partial charge is 0.481 e. The minimum atomic E-state index is -4.59. The van der Waals surface area contributed by atoms with E-state index >= 15 is 0 Å². The maximum absolute atomic E-state index is 13.2. The summed E-state index contributed by atoms with van der Waals surface area (Å²) in [5, 5.41) is 11.1. The molecule has 1 amide bonds. The van der Waals surface area contributed by atoms with E-state index in [4.69, 9.17) is 5.11 Å². The number of hydrogen-bond donors (Lipinski definition) is 2. The molecule has 142 valence electrons. The van der Waals surface area contributed by atoms with Gasteiger partial charge in [0.1, 0.15) is 0 Å². The monoisotopic (exact) mass is 389 g/mol. The second-order valence-corrected chi connectivity index (χ2v) is 6.91. The molecule has 6 nitrogen and oxygen atoms in total. The first kappa shape index (κ1) is 20.1. The average Bonchev–Trinajstić information content (AvgIpc) is 2.93. The van der Waals surface area contributed by atoms with Crippen molar-refractivity contribution in [3.05, 3.63) is 29.6 Å². The first-order valence-electron chi connectivity index (χ1n) is 7.78. The van der Waals surface area contributed by atoms with Crippen molar-refractivity contribution in [2.45, 2.75) is 26.1 Å². The highest BCUT2D eigenvalue weighted by Gasteiger charge is 2.38. The van der Waals surface area contributed by atoms with Gasteiger partial charge in [-0.1, -0.05) is 0 Å². The quantitative estimate of drug-likeness (QED) is 0.711. The number of aliphatic carboxylic acids is 1.